The van der Waals surface area contributed by atoms with E-state index in [0.29, 0.717) is 25.7 Å². The van der Waals surface area contributed by atoms with Gasteiger partial charge in [-0.05, 0) is 96.5 Å². The highest BCUT2D eigenvalue weighted by atomic mass is 16.5. The fourth-order valence-electron chi connectivity index (χ4n) is 3.72. The summed E-state index contributed by atoms with van der Waals surface area (Å²) in [5.74, 6) is 0.293. The van der Waals surface area contributed by atoms with E-state index in [1.165, 1.54) is 12.1 Å². The van der Waals surface area contributed by atoms with E-state index in [4.69, 9.17) is 4.74 Å². The van der Waals surface area contributed by atoms with Crippen molar-refractivity contribution in [3.63, 3.8) is 0 Å². The van der Waals surface area contributed by atoms with Crippen LogP contribution in [0.25, 0.3) is 0 Å². The number of hydrogen-bond donors (Lipinski definition) is 5. The van der Waals surface area contributed by atoms with Crippen molar-refractivity contribution in [2.24, 2.45) is 0 Å². The molecule has 4 rings (SSSR count). The maximum Gasteiger partial charge on any atom is 0.169 e. The van der Waals surface area contributed by atoms with E-state index in [0.717, 1.165) is 22.3 Å². The number of phenols is 5. The van der Waals surface area contributed by atoms with Gasteiger partial charge in [0.15, 0.2) is 34.5 Å². The first kappa shape index (κ1) is 22.9. The molecule has 0 fully saturated rings. The molecule has 0 aliphatic carbocycles. The second-order valence-corrected chi connectivity index (χ2v) is 8.20. The molecule has 34 heavy (non-hydrogen) atoms. The van der Waals surface area contributed by atoms with Crippen LogP contribution in [0.5, 0.6) is 40.2 Å². The smallest absolute Gasteiger partial charge is 0.169 e. The van der Waals surface area contributed by atoms with Gasteiger partial charge >= 0.3 is 0 Å². The predicted octanol–water partition coefficient (Wildman–Crippen LogP) is 5.58. The first-order valence-electron chi connectivity index (χ1n) is 11.0. The van der Waals surface area contributed by atoms with Crippen molar-refractivity contribution in [1.82, 2.24) is 0 Å². The molecule has 6 nitrogen and oxygen atoms in total. The molecular formula is C28H26O6. The van der Waals surface area contributed by atoms with Crippen molar-refractivity contribution in [3.8, 4) is 40.2 Å². The number of rotatable bonds is 8. The number of aryl methyl sites for hydroxylation is 4. The van der Waals surface area contributed by atoms with Crippen molar-refractivity contribution >= 4 is 0 Å². The zero-order valence-electron chi connectivity index (χ0n) is 18.5. The van der Waals surface area contributed by atoms with E-state index >= 15 is 0 Å². The Bertz CT molecular complexity index is 1300. The molecule has 0 heterocycles. The van der Waals surface area contributed by atoms with E-state index in [1.54, 1.807) is 54.6 Å². The van der Waals surface area contributed by atoms with Crippen molar-refractivity contribution in [3.05, 3.63) is 101 Å². The van der Waals surface area contributed by atoms with Crippen LogP contribution in [-0.2, 0) is 25.7 Å². The van der Waals surface area contributed by atoms with Gasteiger partial charge in [-0.25, -0.2) is 0 Å². The second kappa shape index (κ2) is 10.1. The third-order valence-electron chi connectivity index (χ3n) is 5.62. The van der Waals surface area contributed by atoms with Crippen molar-refractivity contribution in [2.45, 2.75) is 25.7 Å². The molecule has 0 unspecified atom stereocenters. The molecule has 0 amide bonds. The highest BCUT2D eigenvalue weighted by Crippen LogP contribution is 2.37. The molecule has 0 atom stereocenters. The minimum Gasteiger partial charge on any atom is -0.508 e. The number of benzene rings is 4. The van der Waals surface area contributed by atoms with Gasteiger partial charge in [-0.3, -0.25) is 0 Å². The average Bonchev–Trinajstić information content (AvgIpc) is 2.82. The Labute approximate surface area is 197 Å². The summed E-state index contributed by atoms with van der Waals surface area (Å²) in [7, 11) is 0. The van der Waals surface area contributed by atoms with Crippen LogP contribution in [0.1, 0.15) is 22.3 Å². The molecule has 0 aliphatic heterocycles. The van der Waals surface area contributed by atoms with E-state index in [9.17, 15) is 25.5 Å². The lowest BCUT2D eigenvalue weighted by Gasteiger charge is -2.13. The molecular weight excluding hydrogens is 432 g/mol. The van der Waals surface area contributed by atoms with Crippen LogP contribution in [0.3, 0.4) is 0 Å². The molecule has 174 valence electrons. The zero-order valence-corrected chi connectivity index (χ0v) is 18.5. The zero-order chi connectivity index (χ0) is 24.1. The number of aromatic hydroxyl groups is 5. The van der Waals surface area contributed by atoms with Gasteiger partial charge in [-0.15, -0.1) is 0 Å². The fourth-order valence-corrected chi connectivity index (χ4v) is 3.72. The Morgan fingerprint density at radius 3 is 1.41 bits per heavy atom. The Kier molecular flexibility index (Phi) is 6.78. The number of phenolic OH excluding ortho intramolecular Hbond substituents is 5. The second-order valence-electron chi connectivity index (χ2n) is 8.20. The Morgan fingerprint density at radius 1 is 0.441 bits per heavy atom. The molecule has 6 heteroatoms. The van der Waals surface area contributed by atoms with Gasteiger partial charge in [-0.2, -0.15) is 0 Å². The lowest BCUT2D eigenvalue weighted by atomic mass is 10.0. The highest BCUT2D eigenvalue weighted by Gasteiger charge is 2.11. The summed E-state index contributed by atoms with van der Waals surface area (Å²) in [6, 6.07) is 22.0. The van der Waals surface area contributed by atoms with E-state index in [-0.39, 0.29) is 40.2 Å². The van der Waals surface area contributed by atoms with Gasteiger partial charge in [0.1, 0.15) is 5.75 Å². The Balaban J connectivity index is 1.46. The molecule has 0 aromatic heterocycles. The molecule has 5 N–H and O–H groups in total. The van der Waals surface area contributed by atoms with Gasteiger partial charge in [-0.1, -0.05) is 30.3 Å². The fraction of sp³-hybridized carbons (Fsp3) is 0.143. The van der Waals surface area contributed by atoms with Crippen LogP contribution >= 0.6 is 0 Å². The van der Waals surface area contributed by atoms with Crippen LogP contribution in [0.2, 0.25) is 0 Å². The summed E-state index contributed by atoms with van der Waals surface area (Å²) in [6.07, 6.45) is 2.64. The third-order valence-corrected chi connectivity index (χ3v) is 5.62. The topological polar surface area (TPSA) is 110 Å². The third kappa shape index (κ3) is 5.72. The van der Waals surface area contributed by atoms with Crippen LogP contribution < -0.4 is 4.74 Å². The quantitative estimate of drug-likeness (QED) is 0.221. The first-order chi connectivity index (χ1) is 16.4. The molecule has 0 saturated carbocycles. The largest absolute Gasteiger partial charge is 0.508 e. The summed E-state index contributed by atoms with van der Waals surface area (Å²) in [5, 5.41) is 49.3. The summed E-state index contributed by atoms with van der Waals surface area (Å²) in [6.45, 7) is 0. The van der Waals surface area contributed by atoms with Crippen molar-refractivity contribution in [1.29, 1.82) is 0 Å². The van der Waals surface area contributed by atoms with E-state index in [2.05, 4.69) is 0 Å². The summed E-state index contributed by atoms with van der Waals surface area (Å²) >= 11 is 0. The maximum absolute atomic E-state index is 10.3. The maximum atomic E-state index is 10.3. The van der Waals surface area contributed by atoms with Crippen LogP contribution in [0, 0.1) is 0 Å². The molecule has 0 aliphatic rings. The molecule has 4 aromatic carbocycles. The van der Waals surface area contributed by atoms with Crippen LogP contribution in [-0.4, -0.2) is 25.5 Å². The van der Waals surface area contributed by atoms with Gasteiger partial charge in [0.2, 0.25) is 0 Å². The van der Waals surface area contributed by atoms with E-state index < -0.39 is 0 Å². The van der Waals surface area contributed by atoms with Crippen molar-refractivity contribution < 1.29 is 30.3 Å². The lowest BCUT2D eigenvalue weighted by molar-refractivity contribution is 0.384. The Morgan fingerprint density at radius 2 is 0.912 bits per heavy atom. The summed E-state index contributed by atoms with van der Waals surface area (Å²) < 4.78 is 5.87. The monoisotopic (exact) mass is 458 g/mol. The minimum atomic E-state index is -0.161. The van der Waals surface area contributed by atoms with Gasteiger partial charge in [0, 0.05) is 0 Å². The predicted molar refractivity (Wildman–Crippen MR) is 129 cm³/mol. The van der Waals surface area contributed by atoms with E-state index in [1.807, 2.05) is 12.1 Å². The molecule has 0 saturated heterocycles. The number of hydrogen-bond acceptors (Lipinski definition) is 6. The average molecular weight is 459 g/mol. The molecule has 0 bridgehead atoms. The van der Waals surface area contributed by atoms with Gasteiger partial charge in [0.25, 0.3) is 0 Å². The first-order valence-corrected chi connectivity index (χ1v) is 11.0. The lowest BCUT2D eigenvalue weighted by Crippen LogP contribution is -1.95. The molecule has 4 aromatic rings. The normalized spacial score (nSPS) is 10.8. The Hall–Kier alpha value is -4.32. The van der Waals surface area contributed by atoms with Gasteiger partial charge in [0.05, 0.1) is 0 Å². The van der Waals surface area contributed by atoms with Crippen LogP contribution in [0.4, 0.5) is 0 Å². The SMILES string of the molecule is Oc1cccc(CCc2ccc(O)c(Oc3cc(CCc4ccc(O)c(O)c4)ccc3O)c2)c1. The standard InChI is InChI=1S/C28H26O6/c29-22-3-1-2-18(14-22)4-6-20-9-12-24(31)27(16-20)34-28-17-21(10-13-25(28)32)7-5-19-8-11-23(30)26(33)15-19/h1-3,8-17,29-33H,4-7H2. The molecule has 0 radical (unpaired) electrons. The number of ether oxygens (including phenoxy) is 1. The summed E-state index contributed by atoms with van der Waals surface area (Å²) in [5.41, 5.74) is 3.71. The minimum absolute atomic E-state index is 0.0366. The van der Waals surface area contributed by atoms with Crippen molar-refractivity contribution in [2.75, 3.05) is 0 Å². The van der Waals surface area contributed by atoms with Gasteiger partial charge < -0.3 is 30.3 Å². The molecule has 0 spiro atoms. The highest BCUT2D eigenvalue weighted by molar-refractivity contribution is 5.49. The summed E-state index contributed by atoms with van der Waals surface area (Å²) in [4.78, 5) is 0. The van der Waals surface area contributed by atoms with Crippen LogP contribution in [0.15, 0.2) is 78.9 Å².